The molecule has 0 unspecified atom stereocenters. The summed E-state index contributed by atoms with van der Waals surface area (Å²) in [6.07, 6.45) is 0. The summed E-state index contributed by atoms with van der Waals surface area (Å²) >= 11 is 0. The number of rotatable bonds is 8. The zero-order valence-electron chi connectivity index (χ0n) is 30.7. The fourth-order valence-corrected chi connectivity index (χ4v) is 7.99. The number of furan rings is 1. The van der Waals surface area contributed by atoms with Crippen molar-refractivity contribution >= 4 is 38.8 Å². The minimum Gasteiger partial charge on any atom is -0.455 e. The van der Waals surface area contributed by atoms with E-state index in [1.807, 2.05) is 6.07 Å². The number of anilines is 3. The highest BCUT2D eigenvalue weighted by molar-refractivity contribution is 6.04. The monoisotopic (exact) mass is 715 g/mol. The van der Waals surface area contributed by atoms with E-state index in [2.05, 4.69) is 223 Å². The van der Waals surface area contributed by atoms with Gasteiger partial charge < -0.3 is 9.32 Å². The zero-order valence-corrected chi connectivity index (χ0v) is 30.7. The van der Waals surface area contributed by atoms with Crippen LogP contribution in [0.1, 0.15) is 0 Å². The third-order valence-corrected chi connectivity index (χ3v) is 10.7. The van der Waals surface area contributed by atoms with Crippen molar-refractivity contribution in [1.29, 1.82) is 0 Å². The third kappa shape index (κ3) is 6.14. The van der Waals surface area contributed by atoms with Gasteiger partial charge in [0.15, 0.2) is 0 Å². The average Bonchev–Trinajstić information content (AvgIpc) is 3.67. The highest BCUT2D eigenvalue weighted by Gasteiger charge is 2.24. The molecule has 0 fully saturated rings. The first-order valence-electron chi connectivity index (χ1n) is 19.1. The van der Waals surface area contributed by atoms with E-state index >= 15 is 0 Å². The molecule has 10 aromatic rings. The van der Waals surface area contributed by atoms with Gasteiger partial charge in [0.2, 0.25) is 0 Å². The van der Waals surface area contributed by atoms with Crippen LogP contribution < -0.4 is 4.90 Å². The van der Waals surface area contributed by atoms with Crippen LogP contribution in [0.2, 0.25) is 0 Å². The van der Waals surface area contributed by atoms with Gasteiger partial charge in [-0.05, 0) is 92.2 Å². The first-order valence-corrected chi connectivity index (χ1v) is 19.1. The molecule has 264 valence electrons. The van der Waals surface area contributed by atoms with Crippen LogP contribution in [0.3, 0.4) is 0 Å². The number of benzene rings is 9. The van der Waals surface area contributed by atoms with E-state index in [0.29, 0.717) is 0 Å². The van der Waals surface area contributed by atoms with E-state index in [0.717, 1.165) is 61.6 Å². The van der Waals surface area contributed by atoms with Gasteiger partial charge in [-0.25, -0.2) is 0 Å². The minimum absolute atomic E-state index is 0.845. The number of para-hydroxylation sites is 2. The second-order valence-corrected chi connectivity index (χ2v) is 14.1. The molecule has 0 spiro atoms. The molecule has 0 saturated carbocycles. The van der Waals surface area contributed by atoms with Crippen molar-refractivity contribution in [3.63, 3.8) is 0 Å². The molecule has 1 aromatic heterocycles. The topological polar surface area (TPSA) is 16.4 Å². The predicted octanol–water partition coefficient (Wildman–Crippen LogP) is 15.4. The van der Waals surface area contributed by atoms with E-state index in [-0.39, 0.29) is 0 Å². The largest absolute Gasteiger partial charge is 0.455 e. The maximum atomic E-state index is 6.83. The Bertz CT molecular complexity index is 2940. The van der Waals surface area contributed by atoms with Crippen molar-refractivity contribution in [1.82, 2.24) is 0 Å². The first-order chi connectivity index (χ1) is 27.8. The van der Waals surface area contributed by atoms with Crippen LogP contribution in [0.4, 0.5) is 17.1 Å². The SMILES string of the molecule is c1ccc(-c2ccc(-c3cccc(N(c4ccc(-c5cccc6ccccc56)cc4)c4ccccc4-c4oc5ccccc5c4-c4ccccc4)c3)cc2)cc1. The second-order valence-electron chi connectivity index (χ2n) is 14.1. The van der Waals surface area contributed by atoms with Crippen LogP contribution in [0.15, 0.2) is 229 Å². The summed E-state index contributed by atoms with van der Waals surface area (Å²) in [6.45, 7) is 0. The Morgan fingerprint density at radius 3 is 1.64 bits per heavy atom. The summed E-state index contributed by atoms with van der Waals surface area (Å²) in [7, 11) is 0. The summed E-state index contributed by atoms with van der Waals surface area (Å²) in [4.78, 5) is 2.37. The fraction of sp³-hybridized carbons (Fsp3) is 0. The molecule has 9 aromatic carbocycles. The zero-order chi connectivity index (χ0) is 37.3. The van der Waals surface area contributed by atoms with Gasteiger partial charge in [0.05, 0.1) is 5.69 Å². The molecule has 0 N–H and O–H groups in total. The van der Waals surface area contributed by atoms with Crippen molar-refractivity contribution in [3.8, 4) is 55.8 Å². The van der Waals surface area contributed by atoms with Gasteiger partial charge in [0.1, 0.15) is 11.3 Å². The number of fused-ring (bicyclic) bond motifs is 2. The molecule has 0 aliphatic rings. The molecule has 2 heteroatoms. The van der Waals surface area contributed by atoms with E-state index in [1.54, 1.807) is 0 Å². The van der Waals surface area contributed by atoms with Crippen LogP contribution in [-0.4, -0.2) is 0 Å². The number of hydrogen-bond donors (Lipinski definition) is 0. The van der Waals surface area contributed by atoms with E-state index < -0.39 is 0 Å². The second kappa shape index (κ2) is 14.4. The molecule has 2 nitrogen and oxygen atoms in total. The lowest BCUT2D eigenvalue weighted by molar-refractivity contribution is 0.632. The standard InChI is InChI=1S/C54H37NO/c1-3-15-38(16-4-1)39-29-31-40(32-30-39)44-21-13-22-46(37-44)55(45-35-33-42(34-36-45)48-26-14-20-41-17-7-8-23-47(41)48)51-27-11-9-24-49(51)54-53(43-18-5-2-6-19-43)50-25-10-12-28-52(50)56-54/h1-37H. The molecule has 0 amide bonds. The Morgan fingerprint density at radius 1 is 0.321 bits per heavy atom. The highest BCUT2D eigenvalue weighted by Crippen LogP contribution is 2.47. The van der Waals surface area contributed by atoms with Gasteiger partial charge in [0.25, 0.3) is 0 Å². The predicted molar refractivity (Wildman–Crippen MR) is 236 cm³/mol. The van der Waals surface area contributed by atoms with Crippen molar-refractivity contribution in [2.24, 2.45) is 0 Å². The summed E-state index contributed by atoms with van der Waals surface area (Å²) in [5.74, 6) is 0.845. The number of hydrogen-bond acceptors (Lipinski definition) is 2. The van der Waals surface area contributed by atoms with Gasteiger partial charge in [-0.3, -0.25) is 0 Å². The van der Waals surface area contributed by atoms with Crippen molar-refractivity contribution in [2.75, 3.05) is 4.90 Å². The average molecular weight is 716 g/mol. The molecule has 0 radical (unpaired) electrons. The molecule has 0 bridgehead atoms. The van der Waals surface area contributed by atoms with Gasteiger partial charge in [-0.15, -0.1) is 0 Å². The van der Waals surface area contributed by atoms with Gasteiger partial charge >= 0.3 is 0 Å². The molecule has 10 rings (SSSR count). The summed E-state index contributed by atoms with van der Waals surface area (Å²) in [6, 6.07) is 79.9. The van der Waals surface area contributed by atoms with E-state index in [1.165, 1.54) is 33.0 Å². The Hall–Kier alpha value is -7.42. The van der Waals surface area contributed by atoms with Gasteiger partial charge in [0, 0.05) is 27.9 Å². The van der Waals surface area contributed by atoms with Crippen LogP contribution in [0, 0.1) is 0 Å². The summed E-state index contributed by atoms with van der Waals surface area (Å²) in [5.41, 5.74) is 14.3. The van der Waals surface area contributed by atoms with Crippen LogP contribution in [-0.2, 0) is 0 Å². The lowest BCUT2D eigenvalue weighted by atomic mass is 9.96. The fourth-order valence-electron chi connectivity index (χ4n) is 7.99. The van der Waals surface area contributed by atoms with E-state index in [9.17, 15) is 0 Å². The third-order valence-electron chi connectivity index (χ3n) is 10.7. The van der Waals surface area contributed by atoms with Crippen LogP contribution >= 0.6 is 0 Å². The van der Waals surface area contributed by atoms with Crippen LogP contribution in [0.5, 0.6) is 0 Å². The van der Waals surface area contributed by atoms with Gasteiger partial charge in [-0.1, -0.05) is 182 Å². The Labute approximate surface area is 327 Å². The molecular weight excluding hydrogens is 679 g/mol. The van der Waals surface area contributed by atoms with Crippen molar-refractivity contribution < 1.29 is 4.42 Å². The molecule has 0 atom stereocenters. The normalized spacial score (nSPS) is 11.2. The maximum Gasteiger partial charge on any atom is 0.145 e. The summed E-state index contributed by atoms with van der Waals surface area (Å²) in [5, 5.41) is 3.57. The first kappa shape index (κ1) is 33.2. The number of nitrogens with zero attached hydrogens (tertiary/aromatic N) is 1. The highest BCUT2D eigenvalue weighted by atomic mass is 16.3. The minimum atomic E-state index is 0.845. The maximum absolute atomic E-state index is 6.83. The Morgan fingerprint density at radius 2 is 0.857 bits per heavy atom. The lowest BCUT2D eigenvalue weighted by Crippen LogP contribution is -2.11. The Balaban J connectivity index is 1.14. The lowest BCUT2D eigenvalue weighted by Gasteiger charge is -2.28. The molecule has 1 heterocycles. The summed E-state index contributed by atoms with van der Waals surface area (Å²) < 4.78 is 6.83. The smallest absolute Gasteiger partial charge is 0.145 e. The Kier molecular flexibility index (Phi) is 8.55. The van der Waals surface area contributed by atoms with Gasteiger partial charge in [-0.2, -0.15) is 0 Å². The molecular formula is C54H37NO. The van der Waals surface area contributed by atoms with Crippen molar-refractivity contribution in [2.45, 2.75) is 0 Å². The molecule has 56 heavy (non-hydrogen) atoms. The van der Waals surface area contributed by atoms with Crippen LogP contribution in [0.25, 0.3) is 77.6 Å². The molecule has 0 saturated heterocycles. The van der Waals surface area contributed by atoms with Crippen molar-refractivity contribution in [3.05, 3.63) is 224 Å². The molecule has 0 aliphatic carbocycles. The quantitative estimate of drug-likeness (QED) is 0.156. The van der Waals surface area contributed by atoms with E-state index in [4.69, 9.17) is 4.42 Å². The molecule has 0 aliphatic heterocycles.